The lowest BCUT2D eigenvalue weighted by molar-refractivity contribution is -0.143. The molecule has 1 heterocycles. The van der Waals surface area contributed by atoms with Gasteiger partial charge in [-0.2, -0.15) is 0 Å². The summed E-state index contributed by atoms with van der Waals surface area (Å²) in [6.45, 7) is 2.73. The van der Waals surface area contributed by atoms with Gasteiger partial charge >= 0.3 is 5.97 Å². The molecule has 0 unspecified atom stereocenters. The van der Waals surface area contributed by atoms with Gasteiger partial charge in [-0.15, -0.1) is 0 Å². The summed E-state index contributed by atoms with van der Waals surface area (Å²) in [6.07, 6.45) is 1.56. The van der Waals surface area contributed by atoms with Crippen LogP contribution < -0.4 is 12.4 Å². The molecule has 1 aliphatic rings. The maximum Gasteiger partial charge on any atom is 0.306 e. The van der Waals surface area contributed by atoms with E-state index in [1.807, 2.05) is 18.2 Å². The molecule has 1 N–H and O–H groups in total. The number of halogens is 1. The molecule has 1 fully saturated rings. The van der Waals surface area contributed by atoms with Gasteiger partial charge in [0, 0.05) is 6.54 Å². The molecule has 1 aliphatic heterocycles. The van der Waals surface area contributed by atoms with Crippen molar-refractivity contribution in [2.45, 2.75) is 19.4 Å². The number of likely N-dealkylation sites (tertiary alicyclic amines) is 1. The van der Waals surface area contributed by atoms with E-state index >= 15 is 0 Å². The topological polar surface area (TPSA) is 40.5 Å². The van der Waals surface area contributed by atoms with E-state index in [9.17, 15) is 4.79 Å². The molecule has 0 aliphatic carbocycles. The summed E-state index contributed by atoms with van der Waals surface area (Å²) in [6, 6.07) is 10.3. The Kier molecular flexibility index (Phi) is 5.45. The molecule has 3 nitrogen and oxygen atoms in total. The third kappa shape index (κ3) is 4.02. The van der Waals surface area contributed by atoms with E-state index in [1.165, 1.54) is 5.56 Å². The number of hydrogen-bond acceptors (Lipinski definition) is 2. The van der Waals surface area contributed by atoms with Crippen molar-refractivity contribution >= 4 is 5.97 Å². The van der Waals surface area contributed by atoms with Crippen molar-refractivity contribution < 1.29 is 22.3 Å². The first-order valence-corrected chi connectivity index (χ1v) is 5.75. The molecular formula is C13H17ClNO2-. The Labute approximate surface area is 108 Å². The van der Waals surface area contributed by atoms with E-state index in [0.29, 0.717) is 0 Å². The van der Waals surface area contributed by atoms with Crippen LogP contribution in [0.4, 0.5) is 0 Å². The lowest BCUT2D eigenvalue weighted by Gasteiger charge is -2.29. The summed E-state index contributed by atoms with van der Waals surface area (Å²) in [5.41, 5.74) is 1.30. The molecule has 17 heavy (non-hydrogen) atoms. The highest BCUT2D eigenvalue weighted by molar-refractivity contribution is 5.70. The molecule has 1 aromatic carbocycles. The summed E-state index contributed by atoms with van der Waals surface area (Å²) in [5.74, 6) is -0.772. The first-order valence-electron chi connectivity index (χ1n) is 5.75. The van der Waals surface area contributed by atoms with Gasteiger partial charge in [0.05, 0.1) is 5.92 Å². The number of nitrogens with zero attached hydrogens (tertiary/aromatic N) is 1. The summed E-state index contributed by atoms with van der Waals surface area (Å²) in [7, 11) is 0. The zero-order valence-electron chi connectivity index (χ0n) is 9.68. The van der Waals surface area contributed by atoms with Gasteiger partial charge in [-0.3, -0.25) is 9.69 Å². The van der Waals surface area contributed by atoms with E-state index in [4.69, 9.17) is 5.11 Å². The third-order valence-electron chi connectivity index (χ3n) is 3.19. The molecule has 0 radical (unpaired) electrons. The van der Waals surface area contributed by atoms with Crippen molar-refractivity contribution in [2.24, 2.45) is 5.92 Å². The van der Waals surface area contributed by atoms with Gasteiger partial charge in [0.25, 0.3) is 0 Å². The number of rotatable bonds is 3. The number of aliphatic carboxylic acids is 1. The second-order valence-corrected chi connectivity index (χ2v) is 4.37. The quantitative estimate of drug-likeness (QED) is 0.751. The minimum atomic E-state index is -0.639. The van der Waals surface area contributed by atoms with Gasteiger partial charge in [-0.25, -0.2) is 0 Å². The lowest BCUT2D eigenvalue weighted by Crippen LogP contribution is -3.00. The molecule has 0 spiro atoms. The highest BCUT2D eigenvalue weighted by atomic mass is 35.5. The minimum Gasteiger partial charge on any atom is -1.00 e. The Morgan fingerprint density at radius 3 is 2.35 bits per heavy atom. The van der Waals surface area contributed by atoms with Gasteiger partial charge < -0.3 is 17.5 Å². The molecule has 0 bridgehead atoms. The number of benzene rings is 1. The van der Waals surface area contributed by atoms with Crippen molar-refractivity contribution in [1.82, 2.24) is 4.90 Å². The molecule has 0 atom stereocenters. The van der Waals surface area contributed by atoms with Gasteiger partial charge in [-0.1, -0.05) is 30.3 Å². The van der Waals surface area contributed by atoms with Crippen LogP contribution in [-0.2, 0) is 11.3 Å². The van der Waals surface area contributed by atoms with Crippen LogP contribution in [0, 0.1) is 5.92 Å². The standard InChI is InChI=1S/C13H17NO2.ClH/c15-13(16)12-6-8-14(9-7-12)10-11-4-2-1-3-5-11;/h1-5,12H,6-10H2,(H,15,16);1H/p-1. The predicted octanol–water partition coefficient (Wildman–Crippen LogP) is -1.01. The van der Waals surface area contributed by atoms with Crippen LogP contribution in [0.25, 0.3) is 0 Å². The SMILES string of the molecule is O=C(O)C1CCN(Cc2ccccc2)CC1.[Cl-]. The molecular weight excluding hydrogens is 238 g/mol. The fraction of sp³-hybridized carbons (Fsp3) is 0.462. The Morgan fingerprint density at radius 1 is 1.24 bits per heavy atom. The zero-order chi connectivity index (χ0) is 11.4. The first-order chi connectivity index (χ1) is 7.75. The van der Waals surface area contributed by atoms with Crippen LogP contribution in [0.5, 0.6) is 0 Å². The summed E-state index contributed by atoms with van der Waals surface area (Å²) >= 11 is 0. The van der Waals surface area contributed by atoms with E-state index in [2.05, 4.69) is 17.0 Å². The fourth-order valence-corrected chi connectivity index (χ4v) is 2.18. The van der Waals surface area contributed by atoms with E-state index in [1.54, 1.807) is 0 Å². The highest BCUT2D eigenvalue weighted by Gasteiger charge is 2.24. The monoisotopic (exact) mass is 254 g/mol. The van der Waals surface area contributed by atoms with Crippen LogP contribution in [0.15, 0.2) is 30.3 Å². The Morgan fingerprint density at radius 2 is 1.82 bits per heavy atom. The highest BCUT2D eigenvalue weighted by Crippen LogP contribution is 2.18. The normalized spacial score (nSPS) is 17.4. The van der Waals surface area contributed by atoms with Crippen LogP contribution in [-0.4, -0.2) is 29.1 Å². The lowest BCUT2D eigenvalue weighted by atomic mass is 9.97. The summed E-state index contributed by atoms with van der Waals surface area (Å²) in [4.78, 5) is 13.1. The number of carboxylic acid groups (broad SMARTS) is 1. The molecule has 94 valence electrons. The molecule has 0 amide bonds. The molecule has 4 heteroatoms. The molecule has 1 aromatic rings. The molecule has 1 saturated heterocycles. The van der Waals surface area contributed by atoms with Crippen LogP contribution in [0.1, 0.15) is 18.4 Å². The second kappa shape index (κ2) is 6.62. The van der Waals surface area contributed by atoms with Crippen LogP contribution >= 0.6 is 0 Å². The zero-order valence-corrected chi connectivity index (χ0v) is 10.4. The maximum absolute atomic E-state index is 10.8. The van der Waals surface area contributed by atoms with Crippen molar-refractivity contribution in [3.05, 3.63) is 35.9 Å². The van der Waals surface area contributed by atoms with Crippen LogP contribution in [0.2, 0.25) is 0 Å². The van der Waals surface area contributed by atoms with Crippen molar-refractivity contribution in [2.75, 3.05) is 13.1 Å². The molecule has 0 aromatic heterocycles. The fourth-order valence-electron chi connectivity index (χ4n) is 2.18. The maximum atomic E-state index is 10.8. The van der Waals surface area contributed by atoms with E-state index in [0.717, 1.165) is 32.5 Å². The van der Waals surface area contributed by atoms with Crippen molar-refractivity contribution in [3.63, 3.8) is 0 Å². The Hall–Kier alpha value is -1.06. The average Bonchev–Trinajstić information content (AvgIpc) is 2.31. The smallest absolute Gasteiger partial charge is 0.306 e. The number of piperidine rings is 1. The molecule has 0 saturated carbocycles. The summed E-state index contributed by atoms with van der Waals surface area (Å²) < 4.78 is 0. The Bertz CT molecular complexity index is 348. The number of carboxylic acids is 1. The van der Waals surface area contributed by atoms with Gasteiger partial charge in [0.1, 0.15) is 0 Å². The predicted molar refractivity (Wildman–Crippen MR) is 62.1 cm³/mol. The first kappa shape index (κ1) is 14.0. The molecule has 2 rings (SSSR count). The number of hydrogen-bond donors (Lipinski definition) is 1. The van der Waals surface area contributed by atoms with Crippen LogP contribution in [0.3, 0.4) is 0 Å². The largest absolute Gasteiger partial charge is 1.00 e. The Balaban J connectivity index is 0.00000144. The van der Waals surface area contributed by atoms with Gasteiger partial charge in [0.2, 0.25) is 0 Å². The minimum absolute atomic E-state index is 0. The van der Waals surface area contributed by atoms with E-state index < -0.39 is 5.97 Å². The average molecular weight is 255 g/mol. The van der Waals surface area contributed by atoms with E-state index in [-0.39, 0.29) is 18.3 Å². The summed E-state index contributed by atoms with van der Waals surface area (Å²) in [5, 5.41) is 8.90. The number of carbonyl (C=O) groups is 1. The van der Waals surface area contributed by atoms with Crippen molar-refractivity contribution in [3.8, 4) is 0 Å². The van der Waals surface area contributed by atoms with Gasteiger partial charge in [0.15, 0.2) is 0 Å². The van der Waals surface area contributed by atoms with Gasteiger partial charge in [-0.05, 0) is 31.5 Å². The third-order valence-corrected chi connectivity index (χ3v) is 3.19. The second-order valence-electron chi connectivity index (χ2n) is 4.37. The van der Waals surface area contributed by atoms with Crippen molar-refractivity contribution in [1.29, 1.82) is 0 Å².